The zero-order valence-electron chi connectivity index (χ0n) is 15.1. The first-order chi connectivity index (χ1) is 12.3. The third kappa shape index (κ3) is 5.52. The predicted octanol–water partition coefficient (Wildman–Crippen LogP) is 4.58. The predicted molar refractivity (Wildman–Crippen MR) is 102 cm³/mol. The van der Waals surface area contributed by atoms with Crippen molar-refractivity contribution in [3.8, 4) is 0 Å². The Kier molecular flexibility index (Phi) is 7.18. The first-order valence-electron chi connectivity index (χ1n) is 8.68. The molecule has 1 atom stereocenters. The molecule has 1 N–H and O–H groups in total. The monoisotopic (exact) mass is 396 g/mol. The molecule has 0 heterocycles. The highest BCUT2D eigenvalue weighted by molar-refractivity contribution is 7.91. The highest BCUT2D eigenvalue weighted by Crippen LogP contribution is 2.45. The van der Waals surface area contributed by atoms with Gasteiger partial charge in [0, 0.05) is 0 Å². The van der Waals surface area contributed by atoms with Crippen molar-refractivity contribution in [3.05, 3.63) is 59.7 Å². The smallest absolute Gasteiger partial charge is 0.324 e. The van der Waals surface area contributed by atoms with Gasteiger partial charge in [0.25, 0.3) is 0 Å². The molecule has 2 aromatic carbocycles. The van der Waals surface area contributed by atoms with Gasteiger partial charge in [0.2, 0.25) is 9.84 Å². The van der Waals surface area contributed by atoms with Crippen LogP contribution in [-0.2, 0) is 31.5 Å². The molecule has 26 heavy (non-hydrogen) atoms. The van der Waals surface area contributed by atoms with Crippen molar-refractivity contribution in [1.82, 2.24) is 0 Å². The van der Waals surface area contributed by atoms with E-state index >= 15 is 0 Å². The van der Waals surface area contributed by atoms with Gasteiger partial charge in [0.1, 0.15) is 0 Å². The fourth-order valence-electron chi connectivity index (χ4n) is 2.60. The molecule has 0 aliphatic carbocycles. The standard InChI is InChI=1S/C19H25O5PS/c1-3-5-6-16-7-11-18(12-8-16)26(22,23)19-13-9-17(10-14-19)15-25(20,21)24-4-2/h7-14H,3-6,15H2,1-2H3,(H,20,21). The van der Waals surface area contributed by atoms with E-state index in [2.05, 4.69) is 6.92 Å². The Bertz CT molecular complexity index is 858. The summed E-state index contributed by atoms with van der Waals surface area (Å²) in [6, 6.07) is 13.0. The highest BCUT2D eigenvalue weighted by Gasteiger charge is 2.21. The molecule has 2 aromatic rings. The first kappa shape index (κ1) is 20.8. The molecule has 0 spiro atoms. The number of aryl methyl sites for hydroxylation is 1. The van der Waals surface area contributed by atoms with Crippen molar-refractivity contribution in [3.63, 3.8) is 0 Å². The van der Waals surface area contributed by atoms with Crippen LogP contribution in [0, 0.1) is 0 Å². The second-order valence-corrected chi connectivity index (χ2v) is 9.91. The van der Waals surface area contributed by atoms with E-state index in [0.717, 1.165) is 24.8 Å². The van der Waals surface area contributed by atoms with Gasteiger partial charge in [-0.1, -0.05) is 37.6 Å². The zero-order chi connectivity index (χ0) is 19.2. The second kappa shape index (κ2) is 8.96. The molecule has 0 aliphatic rings. The maximum Gasteiger partial charge on any atom is 0.332 e. The average molecular weight is 396 g/mol. The normalized spacial score (nSPS) is 14.1. The minimum Gasteiger partial charge on any atom is -0.324 e. The van der Waals surface area contributed by atoms with E-state index in [-0.39, 0.29) is 22.6 Å². The summed E-state index contributed by atoms with van der Waals surface area (Å²) in [5, 5.41) is 0. The minimum absolute atomic E-state index is 0.146. The van der Waals surface area contributed by atoms with Crippen LogP contribution in [0.3, 0.4) is 0 Å². The summed E-state index contributed by atoms with van der Waals surface area (Å²) in [5.41, 5.74) is 1.67. The molecule has 0 amide bonds. The van der Waals surface area contributed by atoms with E-state index in [0.29, 0.717) is 5.56 Å². The van der Waals surface area contributed by atoms with Gasteiger partial charge in [-0.25, -0.2) is 8.42 Å². The van der Waals surface area contributed by atoms with Crippen LogP contribution in [0.1, 0.15) is 37.8 Å². The largest absolute Gasteiger partial charge is 0.332 e. The maximum atomic E-state index is 12.7. The molecule has 0 aliphatic heterocycles. The van der Waals surface area contributed by atoms with Crippen LogP contribution in [0.15, 0.2) is 58.3 Å². The van der Waals surface area contributed by atoms with Gasteiger partial charge in [0.05, 0.1) is 22.6 Å². The van der Waals surface area contributed by atoms with E-state index in [1.54, 1.807) is 31.2 Å². The van der Waals surface area contributed by atoms with Gasteiger partial charge < -0.3 is 9.42 Å². The third-order valence-corrected chi connectivity index (χ3v) is 7.21. The SMILES string of the molecule is CCCCc1ccc(S(=O)(=O)c2ccc(CP(=O)(O)OCC)cc2)cc1. The Balaban J connectivity index is 2.17. The van der Waals surface area contributed by atoms with Crippen molar-refractivity contribution in [2.24, 2.45) is 0 Å². The summed E-state index contributed by atoms with van der Waals surface area (Å²) < 4.78 is 42.1. The molecule has 0 saturated heterocycles. The van der Waals surface area contributed by atoms with Gasteiger partial charge >= 0.3 is 7.60 Å². The number of sulfone groups is 1. The lowest BCUT2D eigenvalue weighted by Gasteiger charge is -2.11. The van der Waals surface area contributed by atoms with Crippen molar-refractivity contribution < 1.29 is 22.4 Å². The van der Waals surface area contributed by atoms with E-state index in [9.17, 15) is 17.9 Å². The summed E-state index contributed by atoms with van der Waals surface area (Å²) in [6.07, 6.45) is 2.96. The number of rotatable bonds is 9. The topological polar surface area (TPSA) is 80.7 Å². The number of benzene rings is 2. The summed E-state index contributed by atoms with van der Waals surface area (Å²) in [7, 11) is -7.30. The van der Waals surface area contributed by atoms with Gasteiger partial charge in [-0.3, -0.25) is 4.57 Å². The van der Waals surface area contributed by atoms with Crippen LogP contribution in [0.25, 0.3) is 0 Å². The minimum atomic E-state index is -3.69. The van der Waals surface area contributed by atoms with E-state index in [1.807, 2.05) is 12.1 Å². The van der Waals surface area contributed by atoms with E-state index in [1.165, 1.54) is 12.1 Å². The second-order valence-electron chi connectivity index (χ2n) is 6.11. The number of hydrogen-bond donors (Lipinski definition) is 1. The van der Waals surface area contributed by atoms with Crippen LogP contribution >= 0.6 is 7.60 Å². The van der Waals surface area contributed by atoms with Gasteiger partial charge in [-0.15, -0.1) is 0 Å². The Morgan fingerprint density at radius 2 is 1.42 bits per heavy atom. The lowest BCUT2D eigenvalue weighted by molar-refractivity contribution is 0.272. The number of unbranched alkanes of at least 4 members (excludes halogenated alkanes) is 1. The van der Waals surface area contributed by atoms with Crippen molar-refractivity contribution in [2.45, 2.75) is 49.1 Å². The zero-order valence-corrected chi connectivity index (χ0v) is 16.8. The summed E-state index contributed by atoms with van der Waals surface area (Å²) in [5.74, 6) is 0. The van der Waals surface area contributed by atoms with Crippen LogP contribution < -0.4 is 0 Å². The molecule has 1 unspecified atom stereocenters. The third-order valence-electron chi connectivity index (χ3n) is 4.00. The van der Waals surface area contributed by atoms with Gasteiger partial charge in [-0.05, 0) is 55.2 Å². The molecule has 0 aromatic heterocycles. The summed E-state index contributed by atoms with van der Waals surface area (Å²) in [4.78, 5) is 10.1. The molecule has 5 nitrogen and oxygen atoms in total. The highest BCUT2D eigenvalue weighted by atomic mass is 32.2. The molecule has 2 rings (SSSR count). The molecule has 7 heteroatoms. The molecule has 0 bridgehead atoms. The van der Waals surface area contributed by atoms with Crippen LogP contribution in [0.5, 0.6) is 0 Å². The maximum absolute atomic E-state index is 12.7. The Hall–Kier alpha value is -1.46. The van der Waals surface area contributed by atoms with Crippen LogP contribution in [-0.4, -0.2) is 19.9 Å². The Morgan fingerprint density at radius 3 is 1.88 bits per heavy atom. The quantitative estimate of drug-likeness (QED) is 0.627. The van der Waals surface area contributed by atoms with Gasteiger partial charge in [-0.2, -0.15) is 0 Å². The molecule has 0 saturated carbocycles. The van der Waals surface area contributed by atoms with Crippen LogP contribution in [0.2, 0.25) is 0 Å². The Morgan fingerprint density at radius 1 is 0.923 bits per heavy atom. The molecular weight excluding hydrogens is 371 g/mol. The fourth-order valence-corrected chi connectivity index (χ4v) is 5.03. The molecular formula is C19H25O5PS. The van der Waals surface area contributed by atoms with Crippen molar-refractivity contribution >= 4 is 17.4 Å². The Labute approximate surface area is 155 Å². The summed E-state index contributed by atoms with van der Waals surface area (Å²) >= 11 is 0. The molecule has 142 valence electrons. The van der Waals surface area contributed by atoms with Crippen LogP contribution in [0.4, 0.5) is 0 Å². The first-order valence-corrected chi connectivity index (χ1v) is 11.9. The summed E-state index contributed by atoms with van der Waals surface area (Å²) in [6.45, 7) is 3.91. The van der Waals surface area contributed by atoms with Crippen molar-refractivity contribution in [2.75, 3.05) is 6.61 Å². The average Bonchev–Trinajstić information content (AvgIpc) is 2.60. The van der Waals surface area contributed by atoms with E-state index in [4.69, 9.17) is 4.52 Å². The van der Waals surface area contributed by atoms with E-state index < -0.39 is 17.4 Å². The van der Waals surface area contributed by atoms with Crippen molar-refractivity contribution in [1.29, 1.82) is 0 Å². The molecule has 0 fully saturated rings. The lowest BCUT2D eigenvalue weighted by Crippen LogP contribution is -2.02. The van der Waals surface area contributed by atoms with Gasteiger partial charge in [0.15, 0.2) is 0 Å². The fraction of sp³-hybridized carbons (Fsp3) is 0.368. The molecule has 0 radical (unpaired) electrons. The lowest BCUT2D eigenvalue weighted by atomic mass is 10.1. The number of hydrogen-bond acceptors (Lipinski definition) is 4.